The van der Waals surface area contributed by atoms with Gasteiger partial charge in [0, 0.05) is 12.0 Å². The van der Waals surface area contributed by atoms with Crippen molar-refractivity contribution in [1.29, 1.82) is 0 Å². The first kappa shape index (κ1) is 12.7. The Morgan fingerprint density at radius 2 is 1.72 bits per heavy atom. The zero-order valence-corrected chi connectivity index (χ0v) is 10.0. The van der Waals surface area contributed by atoms with Gasteiger partial charge in [0.15, 0.2) is 5.78 Å². The average Bonchev–Trinajstić information content (AvgIpc) is 2.36. The van der Waals surface area contributed by atoms with Gasteiger partial charge in [0.05, 0.1) is 5.02 Å². The monoisotopic (exact) mass is 266 g/mol. The molecule has 0 aliphatic carbocycles. The Balaban J connectivity index is 2.21. The van der Waals surface area contributed by atoms with Crippen molar-refractivity contribution in [3.05, 3.63) is 70.2 Å². The molecule has 0 aliphatic rings. The van der Waals surface area contributed by atoms with E-state index in [4.69, 9.17) is 11.6 Å². The zero-order valence-electron chi connectivity index (χ0n) is 9.29. The van der Waals surface area contributed by atoms with E-state index in [0.717, 1.165) is 0 Å². The molecule has 2 aromatic rings. The van der Waals surface area contributed by atoms with Crippen LogP contribution in [0.2, 0.25) is 5.02 Å². The molecule has 18 heavy (non-hydrogen) atoms. The van der Waals surface area contributed by atoms with Crippen molar-refractivity contribution in [2.45, 2.75) is 6.42 Å². The van der Waals surface area contributed by atoms with Crippen LogP contribution in [0.15, 0.2) is 42.5 Å². The molecule has 0 saturated carbocycles. The molecule has 4 heteroatoms. The van der Waals surface area contributed by atoms with Gasteiger partial charge in [-0.2, -0.15) is 0 Å². The van der Waals surface area contributed by atoms with E-state index in [1.165, 1.54) is 36.4 Å². The predicted octanol–water partition coefficient (Wildman–Crippen LogP) is 4.04. The minimum Gasteiger partial charge on any atom is -0.294 e. The van der Waals surface area contributed by atoms with E-state index in [9.17, 15) is 13.6 Å². The fourth-order valence-electron chi connectivity index (χ4n) is 1.60. The van der Waals surface area contributed by atoms with E-state index < -0.39 is 11.6 Å². The number of rotatable bonds is 3. The van der Waals surface area contributed by atoms with Crippen molar-refractivity contribution in [2.24, 2.45) is 0 Å². The van der Waals surface area contributed by atoms with Gasteiger partial charge in [-0.05, 0) is 35.9 Å². The number of hydrogen-bond donors (Lipinski definition) is 0. The van der Waals surface area contributed by atoms with Gasteiger partial charge in [0.1, 0.15) is 11.6 Å². The van der Waals surface area contributed by atoms with E-state index in [2.05, 4.69) is 0 Å². The maximum atomic E-state index is 13.6. The van der Waals surface area contributed by atoms with Crippen molar-refractivity contribution >= 4 is 17.4 Å². The Kier molecular flexibility index (Phi) is 3.72. The van der Waals surface area contributed by atoms with E-state index in [-0.39, 0.29) is 22.8 Å². The molecule has 0 fully saturated rings. The third-order valence-corrected chi connectivity index (χ3v) is 2.84. The second-order valence-electron chi connectivity index (χ2n) is 3.82. The maximum Gasteiger partial charge on any atom is 0.167 e. The molecule has 2 aromatic carbocycles. The quantitative estimate of drug-likeness (QED) is 0.766. The van der Waals surface area contributed by atoms with E-state index in [0.29, 0.717) is 5.56 Å². The van der Waals surface area contributed by atoms with Gasteiger partial charge in [-0.25, -0.2) is 8.78 Å². The van der Waals surface area contributed by atoms with Crippen LogP contribution in [0.5, 0.6) is 0 Å². The summed E-state index contributed by atoms with van der Waals surface area (Å²) in [5.74, 6) is -1.29. The lowest BCUT2D eigenvalue weighted by Crippen LogP contribution is -2.05. The lowest BCUT2D eigenvalue weighted by molar-refractivity contribution is 0.0992. The molecule has 1 nitrogen and oxygen atoms in total. The molecular weight excluding hydrogens is 258 g/mol. The maximum absolute atomic E-state index is 13.6. The molecule has 0 N–H and O–H groups in total. The van der Waals surface area contributed by atoms with Crippen LogP contribution in [-0.4, -0.2) is 5.78 Å². The summed E-state index contributed by atoms with van der Waals surface area (Å²) in [4.78, 5) is 11.9. The van der Waals surface area contributed by atoms with E-state index in [1.807, 2.05) is 0 Å². The molecule has 0 saturated heterocycles. The third-order valence-electron chi connectivity index (χ3n) is 2.55. The highest BCUT2D eigenvalue weighted by atomic mass is 35.5. The Labute approximate surface area is 108 Å². The number of Topliss-reactive ketones (excluding diaryl/α,β-unsaturated/α-hetero) is 1. The topological polar surface area (TPSA) is 17.1 Å². The highest BCUT2D eigenvalue weighted by molar-refractivity contribution is 6.30. The largest absolute Gasteiger partial charge is 0.294 e. The van der Waals surface area contributed by atoms with Gasteiger partial charge >= 0.3 is 0 Å². The van der Waals surface area contributed by atoms with Crippen LogP contribution in [0.4, 0.5) is 8.78 Å². The average molecular weight is 267 g/mol. The summed E-state index contributed by atoms with van der Waals surface area (Å²) < 4.78 is 26.3. The molecule has 0 heterocycles. The smallest absolute Gasteiger partial charge is 0.167 e. The Morgan fingerprint density at radius 3 is 2.39 bits per heavy atom. The van der Waals surface area contributed by atoms with E-state index in [1.54, 1.807) is 6.07 Å². The number of ketones is 1. The SMILES string of the molecule is O=C(Cc1cccc(Cl)c1F)c1ccc(F)cc1. The second kappa shape index (κ2) is 5.27. The predicted molar refractivity (Wildman–Crippen MR) is 65.8 cm³/mol. The Hall–Kier alpha value is -1.74. The van der Waals surface area contributed by atoms with Gasteiger partial charge < -0.3 is 0 Å². The summed E-state index contributed by atoms with van der Waals surface area (Å²) in [6.07, 6.45) is -0.0992. The van der Waals surface area contributed by atoms with Gasteiger partial charge in [-0.15, -0.1) is 0 Å². The zero-order chi connectivity index (χ0) is 13.1. The summed E-state index contributed by atoms with van der Waals surface area (Å²) in [7, 11) is 0. The summed E-state index contributed by atoms with van der Waals surface area (Å²) in [6.45, 7) is 0. The minimum atomic E-state index is -0.588. The fraction of sp³-hybridized carbons (Fsp3) is 0.0714. The molecule has 0 radical (unpaired) electrons. The standard InChI is InChI=1S/C14H9ClF2O/c15-12-3-1-2-10(14(12)17)8-13(18)9-4-6-11(16)7-5-9/h1-7H,8H2. The summed E-state index contributed by atoms with van der Waals surface area (Å²) >= 11 is 5.63. The summed E-state index contributed by atoms with van der Waals surface area (Å²) in [5, 5.41) is -0.0144. The first-order valence-corrected chi connectivity index (χ1v) is 5.67. The highest BCUT2D eigenvalue weighted by Crippen LogP contribution is 2.19. The van der Waals surface area contributed by atoms with Gasteiger partial charge in [-0.3, -0.25) is 4.79 Å². The molecule has 92 valence electrons. The molecule has 2 rings (SSSR count). The second-order valence-corrected chi connectivity index (χ2v) is 4.23. The summed E-state index contributed by atoms with van der Waals surface area (Å²) in [6, 6.07) is 9.65. The van der Waals surface area contributed by atoms with Gasteiger partial charge in [0.2, 0.25) is 0 Å². The molecule has 0 atom stereocenters. The Bertz CT molecular complexity index is 579. The molecule has 0 unspecified atom stereocenters. The number of benzene rings is 2. The molecule has 0 aromatic heterocycles. The van der Waals surface area contributed by atoms with Crippen LogP contribution in [0, 0.1) is 11.6 Å². The molecule has 0 aliphatic heterocycles. The molecule has 0 amide bonds. The van der Waals surface area contributed by atoms with Crippen LogP contribution in [0.3, 0.4) is 0 Å². The van der Waals surface area contributed by atoms with Crippen LogP contribution in [0.25, 0.3) is 0 Å². The van der Waals surface area contributed by atoms with Crippen molar-refractivity contribution in [3.63, 3.8) is 0 Å². The van der Waals surface area contributed by atoms with E-state index >= 15 is 0 Å². The van der Waals surface area contributed by atoms with Crippen LogP contribution in [0.1, 0.15) is 15.9 Å². The highest BCUT2D eigenvalue weighted by Gasteiger charge is 2.12. The first-order chi connectivity index (χ1) is 8.58. The number of hydrogen-bond acceptors (Lipinski definition) is 1. The van der Waals surface area contributed by atoms with Crippen molar-refractivity contribution in [1.82, 2.24) is 0 Å². The lowest BCUT2D eigenvalue weighted by atomic mass is 10.0. The van der Waals surface area contributed by atoms with Crippen LogP contribution in [-0.2, 0) is 6.42 Å². The van der Waals surface area contributed by atoms with Crippen molar-refractivity contribution < 1.29 is 13.6 Å². The summed E-state index contributed by atoms with van der Waals surface area (Å²) in [5.41, 5.74) is 0.576. The van der Waals surface area contributed by atoms with Crippen LogP contribution >= 0.6 is 11.6 Å². The third kappa shape index (κ3) is 2.74. The number of halogens is 3. The Morgan fingerprint density at radius 1 is 1.06 bits per heavy atom. The minimum absolute atomic E-state index is 0.0144. The molecule has 0 bridgehead atoms. The van der Waals surface area contributed by atoms with Gasteiger partial charge in [-0.1, -0.05) is 23.7 Å². The number of carbonyl (C=O) groups excluding carboxylic acids is 1. The molecular formula is C14H9ClF2O. The normalized spacial score (nSPS) is 10.4. The first-order valence-electron chi connectivity index (χ1n) is 5.29. The van der Waals surface area contributed by atoms with Crippen molar-refractivity contribution in [3.8, 4) is 0 Å². The number of carbonyl (C=O) groups is 1. The molecule has 0 spiro atoms. The van der Waals surface area contributed by atoms with Gasteiger partial charge in [0.25, 0.3) is 0 Å². The van der Waals surface area contributed by atoms with Crippen LogP contribution < -0.4 is 0 Å². The fourth-order valence-corrected chi connectivity index (χ4v) is 1.79. The van der Waals surface area contributed by atoms with Crippen molar-refractivity contribution in [2.75, 3.05) is 0 Å². The lowest BCUT2D eigenvalue weighted by Gasteiger charge is -2.04.